The van der Waals surface area contributed by atoms with Crippen LogP contribution in [0.4, 0.5) is 13.6 Å². The van der Waals surface area contributed by atoms with Crippen LogP contribution in [0.1, 0.15) is 96.2 Å². The van der Waals surface area contributed by atoms with Crippen LogP contribution in [0.2, 0.25) is 0 Å². The molecule has 2 bridgehead atoms. The van der Waals surface area contributed by atoms with Gasteiger partial charge in [0.2, 0.25) is 5.89 Å². The lowest BCUT2D eigenvalue weighted by atomic mass is 9.79. The number of piperidine rings is 1. The van der Waals surface area contributed by atoms with E-state index in [1.54, 1.807) is 4.90 Å². The van der Waals surface area contributed by atoms with Gasteiger partial charge in [-0.1, -0.05) is 12.1 Å². The Kier molecular flexibility index (Phi) is 6.49. The number of rotatable bonds is 5. The maximum absolute atomic E-state index is 15.4. The lowest BCUT2D eigenvalue weighted by molar-refractivity contribution is -0.109. The minimum atomic E-state index is -2.90. The van der Waals surface area contributed by atoms with Crippen molar-refractivity contribution in [3.63, 3.8) is 0 Å². The van der Waals surface area contributed by atoms with Crippen LogP contribution in [0.25, 0.3) is 0 Å². The maximum Gasteiger partial charge on any atom is 0.317 e. The Balaban J connectivity index is 1.12. The Labute approximate surface area is 218 Å². The molecule has 2 aliphatic carbocycles. The molecule has 5 fully saturated rings. The van der Waals surface area contributed by atoms with Crippen LogP contribution in [0, 0.1) is 0 Å². The molecule has 3 saturated heterocycles. The van der Waals surface area contributed by atoms with Gasteiger partial charge in [0.15, 0.2) is 5.82 Å². The summed E-state index contributed by atoms with van der Waals surface area (Å²) in [6, 6.07) is -0.760. The van der Waals surface area contributed by atoms with Crippen molar-refractivity contribution in [1.29, 1.82) is 0 Å². The summed E-state index contributed by atoms with van der Waals surface area (Å²) in [7, 11) is 0. The summed E-state index contributed by atoms with van der Waals surface area (Å²) in [5.74, 6) is -1.06. The molecule has 0 radical (unpaired) electrons. The molecule has 2 amide bonds. The van der Waals surface area contributed by atoms with Crippen molar-refractivity contribution < 1.29 is 18.1 Å². The number of halogens is 2. The molecular formula is C27H42F2N6O2. The highest BCUT2D eigenvalue weighted by Crippen LogP contribution is 2.43. The molecule has 2 saturated carbocycles. The highest BCUT2D eigenvalue weighted by Gasteiger charge is 2.54. The summed E-state index contributed by atoms with van der Waals surface area (Å²) >= 11 is 0. The molecule has 1 aromatic heterocycles. The number of piperazine rings is 1. The van der Waals surface area contributed by atoms with Crippen molar-refractivity contribution in [2.75, 3.05) is 26.2 Å². The summed E-state index contributed by atoms with van der Waals surface area (Å²) in [4.78, 5) is 24.6. The molecule has 37 heavy (non-hydrogen) atoms. The maximum atomic E-state index is 15.4. The molecule has 0 spiro atoms. The molecule has 10 heteroatoms. The second-order valence-electron chi connectivity index (χ2n) is 12.8. The van der Waals surface area contributed by atoms with E-state index in [2.05, 4.69) is 46.0 Å². The second kappa shape index (κ2) is 9.43. The van der Waals surface area contributed by atoms with Crippen LogP contribution >= 0.6 is 0 Å². The molecule has 0 aromatic carbocycles. The first-order valence-electron chi connectivity index (χ1n) is 14.4. The van der Waals surface area contributed by atoms with Gasteiger partial charge in [-0.05, 0) is 65.2 Å². The van der Waals surface area contributed by atoms with E-state index >= 15 is 8.78 Å². The number of carbonyl (C=O) groups excluding carboxylic acids is 1. The Morgan fingerprint density at radius 3 is 2.35 bits per heavy atom. The fraction of sp³-hybridized carbons (Fsp3) is 0.889. The quantitative estimate of drug-likeness (QED) is 0.629. The van der Waals surface area contributed by atoms with Crippen molar-refractivity contribution >= 4 is 6.03 Å². The Morgan fingerprint density at radius 1 is 1.05 bits per heavy atom. The van der Waals surface area contributed by atoms with Gasteiger partial charge in [-0.3, -0.25) is 9.80 Å². The van der Waals surface area contributed by atoms with E-state index in [1.165, 1.54) is 0 Å². The van der Waals surface area contributed by atoms with Gasteiger partial charge >= 0.3 is 6.03 Å². The van der Waals surface area contributed by atoms with Gasteiger partial charge in [-0.25, -0.2) is 13.6 Å². The minimum absolute atomic E-state index is 0.158. The number of nitrogens with one attached hydrogen (secondary N) is 1. The van der Waals surface area contributed by atoms with E-state index in [1.807, 2.05) is 0 Å². The third-order valence-electron chi connectivity index (χ3n) is 9.87. The van der Waals surface area contributed by atoms with Crippen LogP contribution in [0.15, 0.2) is 4.52 Å². The van der Waals surface area contributed by atoms with Gasteiger partial charge in [0.1, 0.15) is 6.04 Å². The van der Waals surface area contributed by atoms with E-state index in [4.69, 9.17) is 4.52 Å². The molecule has 1 N–H and O–H groups in total. The number of nitrogens with zero attached hydrogens (tertiary/aromatic N) is 5. The summed E-state index contributed by atoms with van der Waals surface area (Å²) in [6.07, 6.45) is 6.76. The molecule has 4 heterocycles. The first-order chi connectivity index (χ1) is 17.6. The zero-order valence-electron chi connectivity index (χ0n) is 22.5. The predicted molar refractivity (Wildman–Crippen MR) is 135 cm³/mol. The highest BCUT2D eigenvalue weighted by molar-refractivity contribution is 5.75. The largest absolute Gasteiger partial charge is 0.339 e. The number of fused-ring (bicyclic) bond motifs is 2. The zero-order valence-corrected chi connectivity index (χ0v) is 22.5. The molecule has 5 aliphatic rings. The molecule has 2 unspecified atom stereocenters. The number of hydrogen-bond donors (Lipinski definition) is 1. The van der Waals surface area contributed by atoms with Crippen LogP contribution in [-0.4, -0.2) is 93.2 Å². The smallest absolute Gasteiger partial charge is 0.317 e. The first-order valence-corrected chi connectivity index (χ1v) is 14.4. The van der Waals surface area contributed by atoms with Crippen molar-refractivity contribution in [1.82, 2.24) is 30.2 Å². The van der Waals surface area contributed by atoms with E-state index in [9.17, 15) is 4.79 Å². The average Bonchev–Trinajstić information content (AvgIpc) is 3.52. The molecule has 8 nitrogen and oxygen atoms in total. The molecule has 206 valence electrons. The van der Waals surface area contributed by atoms with Gasteiger partial charge in [-0.15, -0.1) is 0 Å². The zero-order chi connectivity index (χ0) is 25.9. The number of carbonyl (C=O) groups is 1. The minimum Gasteiger partial charge on any atom is -0.339 e. The number of alkyl halides is 2. The Morgan fingerprint density at radius 2 is 1.73 bits per heavy atom. The molecule has 1 aromatic rings. The fourth-order valence-corrected chi connectivity index (χ4v) is 7.23. The number of amides is 2. The van der Waals surface area contributed by atoms with E-state index < -0.39 is 12.0 Å². The first kappa shape index (κ1) is 25.5. The number of urea groups is 1. The summed E-state index contributed by atoms with van der Waals surface area (Å²) in [5.41, 5.74) is -0.264. The third-order valence-corrected chi connectivity index (χ3v) is 9.87. The molecular weight excluding hydrogens is 478 g/mol. The van der Waals surface area contributed by atoms with Crippen molar-refractivity contribution in [2.24, 2.45) is 0 Å². The normalized spacial score (nSPS) is 34.2. The summed E-state index contributed by atoms with van der Waals surface area (Å²) in [5, 5.41) is 7.10. The highest BCUT2D eigenvalue weighted by atomic mass is 19.3. The monoisotopic (exact) mass is 520 g/mol. The molecule has 6 rings (SSSR count). The summed E-state index contributed by atoms with van der Waals surface area (Å²) in [6.45, 7) is 9.39. The van der Waals surface area contributed by atoms with Crippen LogP contribution in [0.3, 0.4) is 0 Å². The van der Waals surface area contributed by atoms with Gasteiger partial charge in [0, 0.05) is 68.1 Å². The SMILES string of the molecule is CC(C)N1CC2CCC(C1)N2[C@H]1CCCC(F)(F)[C@@H]1NC(=O)N1CCC(C)(c2noc(C3CC3)n2)CC1. The van der Waals surface area contributed by atoms with Crippen LogP contribution in [0.5, 0.6) is 0 Å². The lowest BCUT2D eigenvalue weighted by Crippen LogP contribution is -2.68. The van der Waals surface area contributed by atoms with Crippen LogP contribution < -0.4 is 5.32 Å². The number of likely N-dealkylation sites (tertiary alicyclic amines) is 2. The molecule has 4 atom stereocenters. The van der Waals surface area contributed by atoms with E-state index in [0.29, 0.717) is 68.6 Å². The standard InChI is InChI=1S/C27H42F2N6O2/c1-17(2)34-15-19-8-9-20(16-34)35(19)21-5-4-10-27(28,29)22(21)30-25(36)33-13-11-26(3,12-14-33)24-31-23(37-32-24)18-6-7-18/h17-22H,4-16H2,1-3H3,(H,30,36)/t19?,20?,21-,22+/m0/s1. The topological polar surface area (TPSA) is 77.7 Å². The van der Waals surface area contributed by atoms with Gasteiger partial charge < -0.3 is 14.7 Å². The van der Waals surface area contributed by atoms with Gasteiger partial charge in [-0.2, -0.15) is 4.98 Å². The van der Waals surface area contributed by atoms with E-state index in [0.717, 1.165) is 44.7 Å². The second-order valence-corrected chi connectivity index (χ2v) is 12.8. The predicted octanol–water partition coefficient (Wildman–Crippen LogP) is 4.12. The van der Waals surface area contributed by atoms with Crippen molar-refractivity contribution in [2.45, 2.75) is 126 Å². The van der Waals surface area contributed by atoms with Gasteiger partial charge in [0.05, 0.1) is 0 Å². The van der Waals surface area contributed by atoms with Crippen LogP contribution in [-0.2, 0) is 5.41 Å². The summed E-state index contributed by atoms with van der Waals surface area (Å²) < 4.78 is 36.3. The van der Waals surface area contributed by atoms with Crippen molar-refractivity contribution in [3.05, 3.63) is 11.7 Å². The lowest BCUT2D eigenvalue weighted by Gasteiger charge is -2.51. The Hall–Kier alpha value is -1.81. The van der Waals surface area contributed by atoms with Crippen molar-refractivity contribution in [3.8, 4) is 0 Å². The molecule has 3 aliphatic heterocycles. The number of hydrogen-bond acceptors (Lipinski definition) is 6. The number of aromatic nitrogens is 2. The average molecular weight is 521 g/mol. The van der Waals surface area contributed by atoms with Gasteiger partial charge in [0.25, 0.3) is 5.92 Å². The third kappa shape index (κ3) is 4.77. The fourth-order valence-electron chi connectivity index (χ4n) is 7.23. The Bertz CT molecular complexity index is 975. The van der Waals surface area contributed by atoms with E-state index in [-0.39, 0.29) is 23.9 Å².